The van der Waals surface area contributed by atoms with Gasteiger partial charge in [-0.25, -0.2) is 0 Å². The van der Waals surface area contributed by atoms with Gasteiger partial charge in [0.05, 0.1) is 25.2 Å². The predicted octanol–water partition coefficient (Wildman–Crippen LogP) is 3.40. The molecule has 0 bridgehead atoms. The standard InChI is InChI=1S/C24H23N3O2/c1-14-20-12-18-17-5-3-4-6-19(17)25-23(18)24(27(20)22(28)13-26(14)2)16-7-8-21-15(11-16)9-10-29-21/h3-8,11,20,24-25H,1,9-10,12-13H2,2H3/t20-,24-/m1/s1. The van der Waals surface area contributed by atoms with Gasteiger partial charge in [0.1, 0.15) is 5.75 Å². The molecule has 6 rings (SSSR count). The van der Waals surface area contributed by atoms with Crippen molar-refractivity contribution in [3.63, 3.8) is 0 Å². The first-order chi connectivity index (χ1) is 14.1. The lowest BCUT2D eigenvalue weighted by Gasteiger charge is -2.48. The van der Waals surface area contributed by atoms with Crippen molar-refractivity contribution in [1.82, 2.24) is 14.8 Å². The molecule has 3 aliphatic rings. The van der Waals surface area contributed by atoms with Crippen LogP contribution in [-0.4, -0.2) is 46.9 Å². The minimum atomic E-state index is -0.139. The first-order valence-electron chi connectivity index (χ1n) is 10.2. The van der Waals surface area contributed by atoms with Crippen LogP contribution in [0.2, 0.25) is 0 Å². The van der Waals surface area contributed by atoms with Crippen LogP contribution in [0.1, 0.15) is 28.4 Å². The SMILES string of the molecule is C=C1[C@H]2Cc3c([nH]c4ccccc34)[C@@H](c3ccc4c(c3)CCO4)N2C(=O)CN1C. The van der Waals surface area contributed by atoms with E-state index < -0.39 is 0 Å². The van der Waals surface area contributed by atoms with E-state index in [0.29, 0.717) is 6.54 Å². The minimum Gasteiger partial charge on any atom is -0.493 e. The summed E-state index contributed by atoms with van der Waals surface area (Å²) in [5, 5.41) is 1.24. The highest BCUT2D eigenvalue weighted by Crippen LogP contribution is 2.44. The Labute approximate surface area is 169 Å². The highest BCUT2D eigenvalue weighted by Gasteiger charge is 2.45. The molecule has 0 aliphatic carbocycles. The second kappa shape index (κ2) is 5.89. The van der Waals surface area contributed by atoms with E-state index in [-0.39, 0.29) is 18.0 Å². The predicted molar refractivity (Wildman–Crippen MR) is 112 cm³/mol. The normalized spacial score (nSPS) is 23.1. The van der Waals surface area contributed by atoms with E-state index >= 15 is 0 Å². The summed E-state index contributed by atoms with van der Waals surface area (Å²) in [7, 11) is 1.96. The van der Waals surface area contributed by atoms with E-state index in [0.717, 1.165) is 47.7 Å². The maximum absolute atomic E-state index is 13.2. The molecular formula is C24H23N3O2. The molecule has 0 spiro atoms. The number of para-hydroxylation sites is 1. The summed E-state index contributed by atoms with van der Waals surface area (Å²) in [5.41, 5.74) is 6.92. The van der Waals surface area contributed by atoms with E-state index in [9.17, 15) is 4.79 Å². The van der Waals surface area contributed by atoms with E-state index in [1.165, 1.54) is 16.5 Å². The molecular weight excluding hydrogens is 362 g/mol. The van der Waals surface area contributed by atoms with E-state index in [1.807, 2.05) is 11.9 Å². The van der Waals surface area contributed by atoms with Gasteiger partial charge in [-0.15, -0.1) is 0 Å². The molecule has 1 aromatic heterocycles. The van der Waals surface area contributed by atoms with Crippen LogP contribution < -0.4 is 4.74 Å². The van der Waals surface area contributed by atoms with Crippen molar-refractivity contribution in [3.05, 3.63) is 77.1 Å². The number of ether oxygens (including phenoxy) is 1. The number of hydrogen-bond acceptors (Lipinski definition) is 3. The average molecular weight is 385 g/mol. The van der Waals surface area contributed by atoms with Crippen LogP contribution in [0.3, 0.4) is 0 Å². The van der Waals surface area contributed by atoms with Crippen LogP contribution in [-0.2, 0) is 17.6 Å². The number of nitrogens with zero attached hydrogens (tertiary/aromatic N) is 2. The van der Waals surface area contributed by atoms with Crippen LogP contribution >= 0.6 is 0 Å². The number of carbonyl (C=O) groups is 1. The second-order valence-corrected chi connectivity index (χ2v) is 8.30. The Morgan fingerprint density at radius 3 is 2.97 bits per heavy atom. The van der Waals surface area contributed by atoms with Crippen molar-refractivity contribution >= 4 is 16.8 Å². The molecule has 5 nitrogen and oxygen atoms in total. The van der Waals surface area contributed by atoms with Gasteiger partial charge in [0, 0.05) is 42.2 Å². The third-order valence-corrected chi connectivity index (χ3v) is 6.70. The summed E-state index contributed by atoms with van der Waals surface area (Å²) >= 11 is 0. The number of aromatic nitrogens is 1. The van der Waals surface area contributed by atoms with Crippen LogP contribution in [0.15, 0.2) is 54.7 Å². The number of carbonyl (C=O) groups excluding carboxylic acids is 1. The Bertz CT molecular complexity index is 1180. The Morgan fingerprint density at radius 1 is 1.21 bits per heavy atom. The molecule has 2 atom stereocenters. The smallest absolute Gasteiger partial charge is 0.243 e. The molecule has 1 N–H and O–H groups in total. The first kappa shape index (κ1) is 16.7. The highest BCUT2D eigenvalue weighted by molar-refractivity contribution is 5.88. The molecule has 0 saturated carbocycles. The van der Waals surface area contributed by atoms with Gasteiger partial charge in [0.25, 0.3) is 0 Å². The van der Waals surface area contributed by atoms with Crippen molar-refractivity contribution in [1.29, 1.82) is 0 Å². The number of rotatable bonds is 1. The van der Waals surface area contributed by atoms with Crippen molar-refractivity contribution in [3.8, 4) is 5.75 Å². The van der Waals surface area contributed by atoms with Gasteiger partial charge in [-0.3, -0.25) is 4.79 Å². The Balaban J connectivity index is 1.59. The van der Waals surface area contributed by atoms with Gasteiger partial charge in [0.15, 0.2) is 0 Å². The van der Waals surface area contributed by atoms with Gasteiger partial charge < -0.3 is 19.5 Å². The molecule has 1 fully saturated rings. The maximum atomic E-state index is 13.2. The Kier molecular flexibility index (Phi) is 3.40. The fourth-order valence-electron chi connectivity index (χ4n) is 5.23. The molecule has 2 aromatic carbocycles. The summed E-state index contributed by atoms with van der Waals surface area (Å²) in [6.07, 6.45) is 1.71. The van der Waals surface area contributed by atoms with E-state index in [2.05, 4.69) is 58.9 Å². The molecule has 1 saturated heterocycles. The molecule has 29 heavy (non-hydrogen) atoms. The summed E-state index contributed by atoms with van der Waals surface area (Å²) in [6, 6.07) is 14.6. The molecule has 1 amide bonds. The largest absolute Gasteiger partial charge is 0.493 e. The lowest BCUT2D eigenvalue weighted by atomic mass is 9.85. The number of hydrogen-bond donors (Lipinski definition) is 1. The third kappa shape index (κ3) is 2.30. The fourth-order valence-corrected chi connectivity index (χ4v) is 5.23. The minimum absolute atomic E-state index is 0.0255. The van der Waals surface area contributed by atoms with Gasteiger partial charge in [-0.05, 0) is 34.9 Å². The highest BCUT2D eigenvalue weighted by atomic mass is 16.5. The van der Waals surface area contributed by atoms with Crippen LogP contribution in [0.25, 0.3) is 10.9 Å². The molecule has 3 aliphatic heterocycles. The van der Waals surface area contributed by atoms with E-state index in [1.54, 1.807) is 0 Å². The van der Waals surface area contributed by atoms with Gasteiger partial charge in [0.2, 0.25) is 5.91 Å². The summed E-state index contributed by atoms with van der Waals surface area (Å²) in [4.78, 5) is 20.9. The van der Waals surface area contributed by atoms with E-state index in [4.69, 9.17) is 4.74 Å². The summed E-state index contributed by atoms with van der Waals surface area (Å²) in [5.74, 6) is 1.11. The molecule has 3 aromatic rings. The van der Waals surface area contributed by atoms with Crippen molar-refractivity contribution < 1.29 is 9.53 Å². The number of aromatic amines is 1. The van der Waals surface area contributed by atoms with Crippen molar-refractivity contribution in [2.75, 3.05) is 20.2 Å². The summed E-state index contributed by atoms with van der Waals surface area (Å²) < 4.78 is 5.71. The van der Waals surface area contributed by atoms with Crippen molar-refractivity contribution in [2.45, 2.75) is 24.9 Å². The maximum Gasteiger partial charge on any atom is 0.243 e. The lowest BCUT2D eigenvalue weighted by Crippen LogP contribution is -2.57. The van der Waals surface area contributed by atoms with Crippen LogP contribution in [0.5, 0.6) is 5.75 Å². The molecule has 0 radical (unpaired) electrons. The summed E-state index contributed by atoms with van der Waals surface area (Å²) in [6.45, 7) is 5.44. The van der Waals surface area contributed by atoms with Crippen LogP contribution in [0, 0.1) is 0 Å². The number of benzene rings is 2. The van der Waals surface area contributed by atoms with Gasteiger partial charge in [-0.2, -0.15) is 0 Å². The molecule has 146 valence electrons. The van der Waals surface area contributed by atoms with Gasteiger partial charge >= 0.3 is 0 Å². The monoisotopic (exact) mass is 385 g/mol. The number of fused-ring (bicyclic) bond motifs is 5. The van der Waals surface area contributed by atoms with Gasteiger partial charge in [-0.1, -0.05) is 30.8 Å². The first-order valence-corrected chi connectivity index (χ1v) is 10.2. The topological polar surface area (TPSA) is 48.6 Å². The third-order valence-electron chi connectivity index (χ3n) is 6.70. The molecule has 0 unspecified atom stereocenters. The second-order valence-electron chi connectivity index (χ2n) is 8.30. The van der Waals surface area contributed by atoms with Crippen molar-refractivity contribution in [2.24, 2.45) is 0 Å². The lowest BCUT2D eigenvalue weighted by molar-refractivity contribution is -0.139. The Morgan fingerprint density at radius 2 is 2.07 bits per heavy atom. The zero-order chi connectivity index (χ0) is 19.7. The number of nitrogens with one attached hydrogen (secondary N) is 1. The number of H-pyrrole nitrogens is 1. The molecule has 5 heteroatoms. The Hall–Kier alpha value is -3.21. The zero-order valence-electron chi connectivity index (χ0n) is 16.4. The number of amides is 1. The fraction of sp³-hybridized carbons (Fsp3) is 0.292. The zero-order valence-corrected chi connectivity index (χ0v) is 16.4. The average Bonchev–Trinajstić information content (AvgIpc) is 3.34. The quantitative estimate of drug-likeness (QED) is 0.698. The molecule has 4 heterocycles. The van der Waals surface area contributed by atoms with Crippen LogP contribution in [0.4, 0.5) is 0 Å². The number of likely N-dealkylation sites (N-methyl/N-ethyl adjacent to an activating group) is 1. The number of piperazine rings is 1.